The molecule has 0 saturated carbocycles. The zero-order chi connectivity index (χ0) is 67.6. The lowest BCUT2D eigenvalue weighted by atomic mass is 10.0. The van der Waals surface area contributed by atoms with Gasteiger partial charge in [0.25, 0.3) is 0 Å². The molecule has 0 radical (unpaired) electrons. The van der Waals surface area contributed by atoms with Crippen molar-refractivity contribution in [3.05, 3.63) is 24.3 Å². The van der Waals surface area contributed by atoms with Gasteiger partial charge in [-0.3, -0.25) is 18.6 Å². The van der Waals surface area contributed by atoms with E-state index in [1.54, 1.807) is 0 Å². The van der Waals surface area contributed by atoms with Crippen molar-refractivity contribution in [1.82, 2.24) is 0 Å². The Morgan fingerprint density at radius 2 is 0.581 bits per heavy atom. The molecule has 93 heavy (non-hydrogen) atoms. The molecule has 0 bridgehead atoms. The molecule has 0 fully saturated rings. The van der Waals surface area contributed by atoms with Crippen molar-refractivity contribution in [2.45, 2.75) is 450 Å². The second kappa shape index (κ2) is 74.7. The molecule has 552 valence electrons. The number of unbranched alkanes of at least 4 members (excludes halogenated alkanes) is 61. The summed E-state index contributed by atoms with van der Waals surface area (Å²) in [5.74, 6) is -0.768. The Hall–Kier alpha value is -1.51. The van der Waals surface area contributed by atoms with Crippen LogP contribution in [0.3, 0.4) is 0 Å². The van der Waals surface area contributed by atoms with Crippen molar-refractivity contribution in [3.8, 4) is 0 Å². The van der Waals surface area contributed by atoms with Gasteiger partial charge in [0, 0.05) is 12.8 Å². The molecule has 0 aromatic heterocycles. The van der Waals surface area contributed by atoms with Crippen LogP contribution in [0.5, 0.6) is 0 Å². The molecule has 2 atom stereocenters. The Balaban J connectivity index is 3.87. The van der Waals surface area contributed by atoms with Crippen molar-refractivity contribution in [2.24, 2.45) is 0 Å². The molecule has 0 aromatic rings. The summed E-state index contributed by atoms with van der Waals surface area (Å²) in [6.45, 7) is 4.52. The molecule has 0 aromatic carbocycles. The van der Waals surface area contributed by atoms with Gasteiger partial charge in [0.2, 0.25) is 0 Å². The first-order chi connectivity index (χ1) is 45.5. The van der Waals surface area contributed by atoms with E-state index in [9.17, 15) is 19.0 Å². The number of carbonyl (C=O) groups is 2. The Labute approximate surface area is 580 Å². The van der Waals surface area contributed by atoms with E-state index in [4.69, 9.17) is 18.5 Å². The zero-order valence-electron chi connectivity index (χ0n) is 63.3. The molecule has 0 heterocycles. The number of hydrogen-bond acceptors (Lipinski definition) is 7. The second-order valence-corrected chi connectivity index (χ2v) is 31.3. The first-order valence-electron chi connectivity index (χ1n) is 41.6. The predicted molar refractivity (Wildman–Crippen MR) is 404 cm³/mol. The lowest BCUT2D eigenvalue weighted by Gasteiger charge is -2.24. The number of phosphoric acid groups is 1. The largest absolute Gasteiger partial charge is 0.472 e. The van der Waals surface area contributed by atoms with Gasteiger partial charge in [-0.1, -0.05) is 411 Å². The van der Waals surface area contributed by atoms with Gasteiger partial charge in [-0.25, -0.2) is 4.57 Å². The van der Waals surface area contributed by atoms with Crippen LogP contribution in [0.2, 0.25) is 0 Å². The van der Waals surface area contributed by atoms with Crippen LogP contribution in [0.1, 0.15) is 444 Å². The van der Waals surface area contributed by atoms with Crippen LogP contribution in [0.4, 0.5) is 0 Å². The Morgan fingerprint density at radius 1 is 0.333 bits per heavy atom. The fraction of sp³-hybridized carbons (Fsp3) is 0.928. The van der Waals surface area contributed by atoms with Crippen LogP contribution >= 0.6 is 7.82 Å². The van der Waals surface area contributed by atoms with E-state index in [1.165, 1.54) is 372 Å². The number of likely N-dealkylation sites (N-methyl/N-ethyl adjacent to an activating group) is 1. The zero-order valence-corrected chi connectivity index (χ0v) is 64.2. The van der Waals surface area contributed by atoms with Crippen molar-refractivity contribution in [2.75, 3.05) is 47.5 Å². The summed E-state index contributed by atoms with van der Waals surface area (Å²) in [5.41, 5.74) is 0. The summed E-state index contributed by atoms with van der Waals surface area (Å²) in [6.07, 6.45) is 96.4. The van der Waals surface area contributed by atoms with E-state index < -0.39 is 26.5 Å². The predicted octanol–water partition coefficient (Wildman–Crippen LogP) is 27.6. The number of nitrogens with zero attached hydrogens (tertiary/aromatic N) is 1. The van der Waals surface area contributed by atoms with E-state index in [2.05, 4.69) is 38.2 Å². The maximum absolute atomic E-state index is 12.9. The molecule has 2 unspecified atom stereocenters. The van der Waals surface area contributed by atoms with Gasteiger partial charge in [0.1, 0.15) is 19.8 Å². The quantitative estimate of drug-likeness (QED) is 0.0211. The highest BCUT2D eigenvalue weighted by atomic mass is 31.2. The number of allylic oxidation sites excluding steroid dienone is 4. The summed E-state index contributed by atoms with van der Waals surface area (Å²) in [6, 6.07) is 0. The molecule has 0 saturated heterocycles. The Morgan fingerprint density at radius 3 is 0.849 bits per heavy atom. The van der Waals surface area contributed by atoms with Crippen LogP contribution in [0.15, 0.2) is 24.3 Å². The topological polar surface area (TPSA) is 108 Å². The number of rotatable bonds is 79. The fourth-order valence-corrected chi connectivity index (χ4v) is 13.6. The lowest BCUT2D eigenvalue weighted by molar-refractivity contribution is -0.870. The molecule has 0 amide bonds. The van der Waals surface area contributed by atoms with Crippen molar-refractivity contribution >= 4 is 19.8 Å². The van der Waals surface area contributed by atoms with Crippen molar-refractivity contribution in [1.29, 1.82) is 0 Å². The molecule has 0 spiro atoms. The third-order valence-corrected chi connectivity index (χ3v) is 20.2. The number of hydrogen-bond donors (Lipinski definition) is 1. The number of quaternary nitrogens is 1. The maximum Gasteiger partial charge on any atom is 0.472 e. The van der Waals surface area contributed by atoms with Crippen LogP contribution in [-0.4, -0.2) is 74.9 Å². The average molecular weight is 1330 g/mol. The minimum atomic E-state index is -4.39. The smallest absolute Gasteiger partial charge is 0.462 e. The normalized spacial score (nSPS) is 13.1. The third-order valence-electron chi connectivity index (χ3n) is 19.2. The van der Waals surface area contributed by atoms with Gasteiger partial charge in [-0.2, -0.15) is 0 Å². The summed E-state index contributed by atoms with van der Waals surface area (Å²) in [7, 11) is 1.51. The first kappa shape index (κ1) is 91.5. The SMILES string of the molecule is CCCCCCC/C=C\C/C=C\CCCCCCCCCCCCCCCCCCCCCCCC(=O)OC(COC(=O)CCCCCCCCCCCCCCCCCCCCCCCCCCCCCCCCCCCCCC)COP(=O)(O)OCC[N+](C)(C)C. The minimum absolute atomic E-state index is 0.0362. The molecule has 0 aliphatic carbocycles. The average Bonchev–Trinajstić information content (AvgIpc) is 2.30. The molecule has 0 rings (SSSR count). The summed E-state index contributed by atoms with van der Waals surface area (Å²) in [4.78, 5) is 36.0. The van der Waals surface area contributed by atoms with Gasteiger partial charge < -0.3 is 18.9 Å². The Bertz CT molecular complexity index is 1610. The van der Waals surface area contributed by atoms with E-state index in [1.807, 2.05) is 21.1 Å². The molecular formula is C83H163NO8P+. The molecule has 10 heteroatoms. The van der Waals surface area contributed by atoms with Crippen LogP contribution < -0.4 is 0 Å². The van der Waals surface area contributed by atoms with E-state index in [0.717, 1.165) is 44.9 Å². The van der Waals surface area contributed by atoms with E-state index in [-0.39, 0.29) is 25.6 Å². The van der Waals surface area contributed by atoms with Gasteiger partial charge in [0.05, 0.1) is 27.7 Å². The summed E-state index contributed by atoms with van der Waals surface area (Å²) < 4.78 is 34.9. The van der Waals surface area contributed by atoms with E-state index in [0.29, 0.717) is 17.4 Å². The van der Waals surface area contributed by atoms with Crippen molar-refractivity contribution < 1.29 is 42.1 Å². The van der Waals surface area contributed by atoms with Gasteiger partial charge >= 0.3 is 19.8 Å². The van der Waals surface area contributed by atoms with Gasteiger partial charge in [0.15, 0.2) is 6.10 Å². The van der Waals surface area contributed by atoms with Crippen LogP contribution in [-0.2, 0) is 32.7 Å². The summed E-state index contributed by atoms with van der Waals surface area (Å²) in [5, 5.41) is 0. The molecular weight excluding hydrogens is 1170 g/mol. The molecule has 1 N–H and O–H groups in total. The highest BCUT2D eigenvalue weighted by Gasteiger charge is 2.27. The number of esters is 2. The standard InChI is InChI=1S/C83H162NO8P/c1-6-8-10-12-14-16-18-20-22-24-26-28-30-32-34-36-38-40-41-42-44-45-47-49-51-53-55-57-59-61-63-65-67-69-71-73-75-82(85)89-79-81(80-91-93(87,88)90-78-77-84(3,4)5)92-83(86)76-74-72-70-68-66-64-62-60-58-56-54-52-50-48-46-43-39-37-35-33-31-29-27-25-23-21-19-17-15-13-11-9-7-2/h19,21,25,27,81H,6-18,20,22-24,26,28-80H2,1-5H3/p+1/b21-19-,27-25-. The Kier molecular flexibility index (Phi) is 73.5. The third kappa shape index (κ3) is 79.4. The van der Waals surface area contributed by atoms with Gasteiger partial charge in [-0.05, 0) is 44.9 Å². The monoisotopic (exact) mass is 1330 g/mol. The van der Waals surface area contributed by atoms with Gasteiger partial charge in [-0.15, -0.1) is 0 Å². The molecule has 0 aliphatic heterocycles. The summed E-state index contributed by atoms with van der Waals surface area (Å²) >= 11 is 0. The molecule has 0 aliphatic rings. The fourth-order valence-electron chi connectivity index (χ4n) is 12.9. The minimum Gasteiger partial charge on any atom is -0.462 e. The molecule has 9 nitrogen and oxygen atoms in total. The number of ether oxygens (including phenoxy) is 2. The van der Waals surface area contributed by atoms with E-state index >= 15 is 0 Å². The number of carbonyl (C=O) groups excluding carboxylic acids is 2. The van der Waals surface area contributed by atoms with Crippen LogP contribution in [0, 0.1) is 0 Å². The van der Waals surface area contributed by atoms with Crippen molar-refractivity contribution in [3.63, 3.8) is 0 Å². The highest BCUT2D eigenvalue weighted by molar-refractivity contribution is 7.47. The van der Waals surface area contributed by atoms with Crippen LogP contribution in [0.25, 0.3) is 0 Å². The highest BCUT2D eigenvalue weighted by Crippen LogP contribution is 2.43. The lowest BCUT2D eigenvalue weighted by Crippen LogP contribution is -2.37. The number of phosphoric ester groups is 1. The maximum atomic E-state index is 12.9. The second-order valence-electron chi connectivity index (χ2n) is 29.9. The first-order valence-corrected chi connectivity index (χ1v) is 43.1.